The molecule has 152 valence electrons. The van der Waals surface area contributed by atoms with Crippen LogP contribution in [0.3, 0.4) is 0 Å². The zero-order valence-electron chi connectivity index (χ0n) is 16.8. The van der Waals surface area contributed by atoms with Crippen LogP contribution >= 0.6 is 0 Å². The fourth-order valence-electron chi connectivity index (χ4n) is 3.59. The molecule has 2 aliphatic heterocycles. The number of rotatable bonds is 5. The Kier molecular flexibility index (Phi) is 6.17. The van der Waals surface area contributed by atoms with Crippen molar-refractivity contribution in [2.24, 2.45) is 5.10 Å². The van der Waals surface area contributed by atoms with Gasteiger partial charge in [-0.2, -0.15) is 5.10 Å². The smallest absolute Gasteiger partial charge is 0.241 e. The average Bonchev–Trinajstić information content (AvgIpc) is 2.75. The number of carbonyl (C=O) groups is 1. The molecule has 0 aliphatic carbocycles. The quantitative estimate of drug-likeness (QED) is 0.784. The van der Waals surface area contributed by atoms with Crippen LogP contribution in [0.25, 0.3) is 11.3 Å². The summed E-state index contributed by atoms with van der Waals surface area (Å²) in [5.41, 5.74) is 5.20. The highest BCUT2D eigenvalue weighted by Gasteiger charge is 2.15. The highest BCUT2D eigenvalue weighted by molar-refractivity contribution is 5.99. The second-order valence-corrected chi connectivity index (χ2v) is 7.44. The molecule has 1 amide bonds. The molecule has 0 unspecified atom stereocenters. The van der Waals surface area contributed by atoms with Crippen molar-refractivity contribution in [3.63, 3.8) is 0 Å². The van der Waals surface area contributed by atoms with Crippen molar-refractivity contribution >= 4 is 11.6 Å². The SMILES string of the molecule is C/C(=N\N1CCNC(=O)C1)c1ccnc(-c2ccc(CN3CCOCC3)cc2)c1. The Bertz CT molecular complexity index is 875. The Morgan fingerprint density at radius 1 is 1.17 bits per heavy atom. The van der Waals surface area contributed by atoms with Crippen LogP contribution in [0.2, 0.25) is 0 Å². The van der Waals surface area contributed by atoms with E-state index in [0.717, 1.165) is 61.9 Å². The van der Waals surface area contributed by atoms with Gasteiger partial charge in [-0.1, -0.05) is 24.3 Å². The number of pyridine rings is 1. The van der Waals surface area contributed by atoms with Crippen LogP contribution in [-0.2, 0) is 16.1 Å². The summed E-state index contributed by atoms with van der Waals surface area (Å²) >= 11 is 0. The van der Waals surface area contributed by atoms with Crippen molar-refractivity contribution in [3.05, 3.63) is 53.7 Å². The van der Waals surface area contributed by atoms with E-state index < -0.39 is 0 Å². The molecule has 7 heteroatoms. The Morgan fingerprint density at radius 3 is 2.72 bits per heavy atom. The van der Waals surface area contributed by atoms with Gasteiger partial charge in [0, 0.05) is 43.5 Å². The Hall–Kier alpha value is -2.77. The maximum Gasteiger partial charge on any atom is 0.241 e. The molecule has 2 aliphatic rings. The number of morpholine rings is 1. The second kappa shape index (κ2) is 9.15. The minimum atomic E-state index is 0.0142. The number of hydrogen-bond acceptors (Lipinski definition) is 6. The molecule has 2 saturated heterocycles. The molecule has 29 heavy (non-hydrogen) atoms. The van der Waals surface area contributed by atoms with Crippen molar-refractivity contribution in [1.29, 1.82) is 0 Å². The first kappa shape index (κ1) is 19.5. The lowest BCUT2D eigenvalue weighted by atomic mass is 10.1. The van der Waals surface area contributed by atoms with Crippen molar-refractivity contribution < 1.29 is 9.53 Å². The average molecular weight is 393 g/mol. The molecular formula is C22H27N5O2. The van der Waals surface area contributed by atoms with E-state index in [0.29, 0.717) is 13.1 Å². The first-order chi connectivity index (χ1) is 14.2. The Labute approximate surface area is 171 Å². The highest BCUT2D eigenvalue weighted by Crippen LogP contribution is 2.20. The number of ether oxygens (including phenoxy) is 1. The van der Waals surface area contributed by atoms with Crippen molar-refractivity contribution in [3.8, 4) is 11.3 Å². The van der Waals surface area contributed by atoms with Gasteiger partial charge in [0.05, 0.1) is 31.2 Å². The number of hydrazone groups is 1. The number of nitrogens with zero attached hydrogens (tertiary/aromatic N) is 4. The topological polar surface area (TPSA) is 70.1 Å². The molecule has 0 atom stereocenters. The fraction of sp³-hybridized carbons (Fsp3) is 0.409. The van der Waals surface area contributed by atoms with Gasteiger partial charge in [-0.05, 0) is 24.6 Å². The van der Waals surface area contributed by atoms with Gasteiger partial charge >= 0.3 is 0 Å². The van der Waals surface area contributed by atoms with Crippen LogP contribution in [0.5, 0.6) is 0 Å². The molecule has 2 aromatic rings. The maximum atomic E-state index is 11.5. The molecule has 3 heterocycles. The van der Waals surface area contributed by atoms with Crippen molar-refractivity contribution in [2.75, 3.05) is 45.9 Å². The molecule has 1 aromatic carbocycles. The summed E-state index contributed by atoms with van der Waals surface area (Å²) in [4.78, 5) is 18.5. The third-order valence-corrected chi connectivity index (χ3v) is 5.25. The molecule has 0 spiro atoms. The summed E-state index contributed by atoms with van der Waals surface area (Å²) in [6.45, 7) is 8.20. The Morgan fingerprint density at radius 2 is 1.97 bits per heavy atom. The van der Waals surface area contributed by atoms with Gasteiger partial charge in [0.2, 0.25) is 5.91 Å². The number of aromatic nitrogens is 1. The zero-order valence-corrected chi connectivity index (χ0v) is 16.8. The summed E-state index contributed by atoms with van der Waals surface area (Å²) in [6.07, 6.45) is 1.81. The van der Waals surface area contributed by atoms with Gasteiger partial charge in [-0.15, -0.1) is 0 Å². The van der Waals surface area contributed by atoms with Crippen LogP contribution in [0.15, 0.2) is 47.7 Å². The maximum absolute atomic E-state index is 11.5. The van der Waals surface area contributed by atoms with Gasteiger partial charge in [-0.3, -0.25) is 19.7 Å². The van der Waals surface area contributed by atoms with Crippen molar-refractivity contribution in [1.82, 2.24) is 20.2 Å². The minimum absolute atomic E-state index is 0.0142. The summed E-state index contributed by atoms with van der Waals surface area (Å²) in [7, 11) is 0. The number of benzene rings is 1. The summed E-state index contributed by atoms with van der Waals surface area (Å²) in [5.74, 6) is 0.0142. The van der Waals surface area contributed by atoms with Crippen LogP contribution in [-0.4, -0.2) is 72.4 Å². The predicted molar refractivity (Wildman–Crippen MR) is 113 cm³/mol. The molecule has 0 radical (unpaired) electrons. The molecule has 0 bridgehead atoms. The fourth-order valence-corrected chi connectivity index (χ4v) is 3.59. The van der Waals surface area contributed by atoms with Crippen LogP contribution in [0, 0.1) is 0 Å². The zero-order chi connectivity index (χ0) is 20.1. The highest BCUT2D eigenvalue weighted by atomic mass is 16.5. The van der Waals surface area contributed by atoms with E-state index in [1.54, 1.807) is 0 Å². The molecule has 1 N–H and O–H groups in total. The van der Waals surface area contributed by atoms with E-state index in [1.165, 1.54) is 5.56 Å². The van der Waals surface area contributed by atoms with Gasteiger partial charge in [-0.25, -0.2) is 0 Å². The van der Waals surface area contributed by atoms with Crippen LogP contribution < -0.4 is 5.32 Å². The summed E-state index contributed by atoms with van der Waals surface area (Å²) < 4.78 is 5.42. The van der Waals surface area contributed by atoms with Crippen molar-refractivity contribution in [2.45, 2.75) is 13.5 Å². The second-order valence-electron chi connectivity index (χ2n) is 7.44. The van der Waals surface area contributed by atoms with E-state index in [2.05, 4.69) is 50.6 Å². The predicted octanol–water partition coefficient (Wildman–Crippen LogP) is 1.74. The lowest BCUT2D eigenvalue weighted by molar-refractivity contribution is -0.124. The number of carbonyl (C=O) groups excluding carboxylic acids is 1. The number of nitrogens with one attached hydrogen (secondary N) is 1. The Balaban J connectivity index is 1.45. The standard InChI is InChI=1S/C22H27N5O2/c1-17(25-27-9-8-24-22(28)16-27)20-6-7-23-21(14-20)19-4-2-18(3-5-19)15-26-10-12-29-13-11-26/h2-7,14H,8-13,15-16H2,1H3,(H,24,28)/b25-17+. The van der Waals surface area contributed by atoms with E-state index in [9.17, 15) is 4.79 Å². The normalized spacial score (nSPS) is 18.6. The van der Waals surface area contributed by atoms with Gasteiger partial charge in [0.15, 0.2) is 0 Å². The van der Waals surface area contributed by atoms with Crippen LogP contribution in [0.4, 0.5) is 0 Å². The van der Waals surface area contributed by atoms with Crippen LogP contribution in [0.1, 0.15) is 18.1 Å². The van der Waals surface area contributed by atoms with Gasteiger partial charge in [0.25, 0.3) is 0 Å². The first-order valence-corrected chi connectivity index (χ1v) is 10.1. The summed E-state index contributed by atoms with van der Waals surface area (Å²) in [6, 6.07) is 12.6. The van der Waals surface area contributed by atoms with E-state index in [4.69, 9.17) is 4.74 Å². The third-order valence-electron chi connectivity index (χ3n) is 5.25. The number of hydrogen-bond donors (Lipinski definition) is 1. The monoisotopic (exact) mass is 393 g/mol. The largest absolute Gasteiger partial charge is 0.379 e. The third kappa shape index (κ3) is 5.19. The molecule has 2 fully saturated rings. The lowest BCUT2D eigenvalue weighted by Gasteiger charge is -2.26. The van der Waals surface area contributed by atoms with E-state index in [-0.39, 0.29) is 5.91 Å². The summed E-state index contributed by atoms with van der Waals surface area (Å²) in [5, 5.41) is 9.25. The van der Waals surface area contributed by atoms with E-state index >= 15 is 0 Å². The first-order valence-electron chi connectivity index (χ1n) is 10.1. The van der Waals surface area contributed by atoms with Gasteiger partial charge < -0.3 is 10.1 Å². The molecule has 4 rings (SSSR count). The lowest BCUT2D eigenvalue weighted by Crippen LogP contribution is -2.45. The molecule has 7 nitrogen and oxygen atoms in total. The number of piperazine rings is 1. The number of amides is 1. The van der Waals surface area contributed by atoms with Gasteiger partial charge in [0.1, 0.15) is 6.54 Å². The van der Waals surface area contributed by atoms with E-state index in [1.807, 2.05) is 24.2 Å². The molecular weight excluding hydrogens is 366 g/mol. The molecule has 1 aromatic heterocycles. The minimum Gasteiger partial charge on any atom is -0.379 e. The molecule has 0 saturated carbocycles.